The number of phenols is 2. The summed E-state index contributed by atoms with van der Waals surface area (Å²) in [7, 11) is 1.49. The second-order valence-corrected chi connectivity index (χ2v) is 2.51. The highest BCUT2D eigenvalue weighted by molar-refractivity contribution is 5.50. The second-order valence-electron chi connectivity index (χ2n) is 2.51. The van der Waals surface area contributed by atoms with Crippen LogP contribution in [0.2, 0.25) is 0 Å². The van der Waals surface area contributed by atoms with Gasteiger partial charge in [-0.05, 0) is 12.5 Å². The lowest BCUT2D eigenvalue weighted by molar-refractivity contribution is 0.365. The first-order valence-corrected chi connectivity index (χ1v) is 3.77. The molecule has 0 aliphatic carbocycles. The first-order chi connectivity index (χ1) is 5.69. The van der Waals surface area contributed by atoms with Crippen molar-refractivity contribution in [3.05, 3.63) is 17.7 Å². The van der Waals surface area contributed by atoms with Gasteiger partial charge in [0.05, 0.1) is 7.11 Å². The molecule has 2 N–H and O–H groups in total. The molecule has 0 aliphatic heterocycles. The average Bonchev–Trinajstić information content (AvgIpc) is 2.03. The van der Waals surface area contributed by atoms with E-state index in [1.54, 1.807) is 6.07 Å². The zero-order chi connectivity index (χ0) is 9.14. The summed E-state index contributed by atoms with van der Waals surface area (Å²) < 4.78 is 4.96. The maximum absolute atomic E-state index is 9.32. The van der Waals surface area contributed by atoms with Crippen LogP contribution in [0.3, 0.4) is 0 Å². The standard InChI is InChI=1S/C9H12O3/c1-3-6-4-7(10)5-8(11)9(6)12-2/h4-5,10-11H,3H2,1-2H3. The Kier molecular flexibility index (Phi) is 2.43. The molecule has 0 spiro atoms. The molecule has 0 saturated carbocycles. The Balaban J connectivity index is 3.24. The lowest BCUT2D eigenvalue weighted by Crippen LogP contribution is -1.90. The third-order valence-corrected chi connectivity index (χ3v) is 1.72. The number of hydrogen-bond donors (Lipinski definition) is 2. The molecule has 1 rings (SSSR count). The molecule has 1 aromatic carbocycles. The Morgan fingerprint density at radius 3 is 2.50 bits per heavy atom. The summed E-state index contributed by atoms with van der Waals surface area (Å²) in [4.78, 5) is 0. The third kappa shape index (κ3) is 1.44. The SMILES string of the molecule is CCc1cc(O)cc(O)c1OC. The maximum atomic E-state index is 9.32. The molecule has 66 valence electrons. The summed E-state index contributed by atoms with van der Waals surface area (Å²) in [5.41, 5.74) is 0.801. The molecular formula is C9H12O3. The van der Waals surface area contributed by atoms with E-state index in [2.05, 4.69) is 0 Å². The van der Waals surface area contributed by atoms with Crippen LogP contribution >= 0.6 is 0 Å². The van der Waals surface area contributed by atoms with E-state index in [1.165, 1.54) is 13.2 Å². The van der Waals surface area contributed by atoms with Crippen molar-refractivity contribution in [3.63, 3.8) is 0 Å². The Morgan fingerprint density at radius 2 is 2.00 bits per heavy atom. The highest BCUT2D eigenvalue weighted by Gasteiger charge is 2.08. The average molecular weight is 168 g/mol. The molecule has 0 aromatic heterocycles. The van der Waals surface area contributed by atoms with Crippen molar-refractivity contribution in [1.29, 1.82) is 0 Å². The van der Waals surface area contributed by atoms with Gasteiger partial charge in [-0.1, -0.05) is 6.92 Å². The van der Waals surface area contributed by atoms with Crippen LogP contribution in [0, 0.1) is 0 Å². The molecule has 3 heteroatoms. The molecule has 0 radical (unpaired) electrons. The third-order valence-electron chi connectivity index (χ3n) is 1.72. The predicted octanol–water partition coefficient (Wildman–Crippen LogP) is 1.67. The minimum Gasteiger partial charge on any atom is -0.508 e. The second kappa shape index (κ2) is 3.34. The van der Waals surface area contributed by atoms with Crippen molar-refractivity contribution in [2.24, 2.45) is 0 Å². The van der Waals surface area contributed by atoms with Gasteiger partial charge in [0.25, 0.3) is 0 Å². The maximum Gasteiger partial charge on any atom is 0.163 e. The van der Waals surface area contributed by atoms with Gasteiger partial charge in [-0.15, -0.1) is 0 Å². The molecule has 3 nitrogen and oxygen atoms in total. The highest BCUT2D eigenvalue weighted by Crippen LogP contribution is 2.34. The molecule has 0 heterocycles. The number of benzene rings is 1. The fraction of sp³-hybridized carbons (Fsp3) is 0.333. The Bertz CT molecular complexity index is 281. The van der Waals surface area contributed by atoms with Gasteiger partial charge in [0, 0.05) is 11.6 Å². The molecule has 0 saturated heterocycles. The van der Waals surface area contributed by atoms with Crippen molar-refractivity contribution < 1.29 is 14.9 Å². The topological polar surface area (TPSA) is 49.7 Å². The van der Waals surface area contributed by atoms with Crippen molar-refractivity contribution in [2.75, 3.05) is 7.11 Å². The number of aromatic hydroxyl groups is 2. The van der Waals surface area contributed by atoms with Crippen LogP contribution in [0.15, 0.2) is 12.1 Å². The molecule has 0 unspecified atom stereocenters. The van der Waals surface area contributed by atoms with E-state index in [4.69, 9.17) is 9.84 Å². The monoisotopic (exact) mass is 168 g/mol. The van der Waals surface area contributed by atoms with Crippen molar-refractivity contribution >= 4 is 0 Å². The fourth-order valence-corrected chi connectivity index (χ4v) is 1.15. The Morgan fingerprint density at radius 1 is 1.33 bits per heavy atom. The van der Waals surface area contributed by atoms with E-state index in [0.717, 1.165) is 5.56 Å². The van der Waals surface area contributed by atoms with Gasteiger partial charge in [-0.2, -0.15) is 0 Å². The summed E-state index contributed by atoms with van der Waals surface area (Å²) in [6.07, 6.45) is 0.713. The molecule has 0 amide bonds. The van der Waals surface area contributed by atoms with Crippen molar-refractivity contribution in [3.8, 4) is 17.2 Å². The van der Waals surface area contributed by atoms with Crippen LogP contribution in [0.1, 0.15) is 12.5 Å². The van der Waals surface area contributed by atoms with E-state index in [-0.39, 0.29) is 11.5 Å². The molecule has 1 aromatic rings. The van der Waals surface area contributed by atoms with E-state index in [9.17, 15) is 5.11 Å². The summed E-state index contributed by atoms with van der Waals surface area (Å²) in [6, 6.07) is 2.84. The molecule has 0 atom stereocenters. The Labute approximate surface area is 71.2 Å². The van der Waals surface area contributed by atoms with Crippen molar-refractivity contribution in [1.82, 2.24) is 0 Å². The largest absolute Gasteiger partial charge is 0.508 e. The first-order valence-electron chi connectivity index (χ1n) is 3.77. The number of aryl methyl sites for hydroxylation is 1. The van der Waals surface area contributed by atoms with Gasteiger partial charge in [-0.25, -0.2) is 0 Å². The molecular weight excluding hydrogens is 156 g/mol. The van der Waals surface area contributed by atoms with E-state index < -0.39 is 0 Å². The summed E-state index contributed by atoms with van der Waals surface area (Å²) >= 11 is 0. The van der Waals surface area contributed by atoms with Crippen LogP contribution < -0.4 is 4.74 Å². The van der Waals surface area contributed by atoms with E-state index in [0.29, 0.717) is 12.2 Å². The number of phenolic OH excluding ortho intramolecular Hbond substituents is 2. The minimum absolute atomic E-state index is 0.0191. The van der Waals surface area contributed by atoms with E-state index in [1.807, 2.05) is 6.92 Å². The quantitative estimate of drug-likeness (QED) is 0.706. The predicted molar refractivity (Wildman–Crippen MR) is 45.7 cm³/mol. The summed E-state index contributed by atoms with van der Waals surface area (Å²) in [5, 5.41) is 18.4. The van der Waals surface area contributed by atoms with Gasteiger partial charge < -0.3 is 14.9 Å². The normalized spacial score (nSPS) is 9.83. The van der Waals surface area contributed by atoms with Gasteiger partial charge in [0.1, 0.15) is 5.75 Å². The van der Waals surface area contributed by atoms with Crippen LogP contribution in [0.5, 0.6) is 17.2 Å². The van der Waals surface area contributed by atoms with Crippen LogP contribution in [0.4, 0.5) is 0 Å². The first kappa shape index (κ1) is 8.71. The van der Waals surface area contributed by atoms with Crippen molar-refractivity contribution in [2.45, 2.75) is 13.3 Å². The van der Waals surface area contributed by atoms with Gasteiger partial charge in [-0.3, -0.25) is 0 Å². The highest BCUT2D eigenvalue weighted by atomic mass is 16.5. The smallest absolute Gasteiger partial charge is 0.163 e. The van der Waals surface area contributed by atoms with Gasteiger partial charge >= 0.3 is 0 Å². The molecule has 12 heavy (non-hydrogen) atoms. The Hall–Kier alpha value is -1.38. The van der Waals surface area contributed by atoms with Crippen LogP contribution in [-0.4, -0.2) is 17.3 Å². The zero-order valence-corrected chi connectivity index (χ0v) is 7.16. The lowest BCUT2D eigenvalue weighted by Gasteiger charge is -2.08. The summed E-state index contributed by atoms with van der Waals surface area (Å²) in [6.45, 7) is 1.93. The minimum atomic E-state index is -0.0191. The van der Waals surface area contributed by atoms with E-state index >= 15 is 0 Å². The molecule has 0 fully saturated rings. The number of hydrogen-bond acceptors (Lipinski definition) is 3. The number of ether oxygens (including phenoxy) is 1. The molecule has 0 bridgehead atoms. The van der Waals surface area contributed by atoms with Crippen LogP contribution in [-0.2, 0) is 6.42 Å². The molecule has 0 aliphatic rings. The van der Waals surface area contributed by atoms with Gasteiger partial charge in [0.2, 0.25) is 0 Å². The summed E-state index contributed by atoms with van der Waals surface area (Å²) in [5.74, 6) is 0.481. The number of methoxy groups -OCH3 is 1. The fourth-order valence-electron chi connectivity index (χ4n) is 1.15. The zero-order valence-electron chi connectivity index (χ0n) is 7.16. The lowest BCUT2D eigenvalue weighted by atomic mass is 10.1. The van der Waals surface area contributed by atoms with Crippen LogP contribution in [0.25, 0.3) is 0 Å². The number of rotatable bonds is 2. The van der Waals surface area contributed by atoms with Gasteiger partial charge in [0.15, 0.2) is 11.5 Å².